The van der Waals surface area contributed by atoms with Crippen molar-refractivity contribution in [1.29, 1.82) is 0 Å². The van der Waals surface area contributed by atoms with Gasteiger partial charge in [-0.25, -0.2) is 4.52 Å². The summed E-state index contributed by atoms with van der Waals surface area (Å²) >= 11 is 0. The van der Waals surface area contributed by atoms with E-state index < -0.39 is 0 Å². The van der Waals surface area contributed by atoms with Crippen LogP contribution in [0.15, 0.2) is 18.2 Å². The highest BCUT2D eigenvalue weighted by molar-refractivity contribution is 5.44. The largest absolute Gasteiger partial charge is 0.351 e. The molecule has 5 heteroatoms. The Hall–Kier alpha value is -1.62. The highest BCUT2D eigenvalue weighted by Gasteiger charge is 2.20. The van der Waals surface area contributed by atoms with Crippen LogP contribution in [0.2, 0.25) is 0 Å². The first kappa shape index (κ1) is 11.5. The lowest BCUT2D eigenvalue weighted by Gasteiger charge is -2.18. The Labute approximate surface area is 107 Å². The summed E-state index contributed by atoms with van der Waals surface area (Å²) < 4.78 is 1.88. The fourth-order valence-electron chi connectivity index (χ4n) is 2.56. The molecule has 0 radical (unpaired) electrons. The van der Waals surface area contributed by atoms with E-state index in [1.165, 1.54) is 19.4 Å². The second kappa shape index (κ2) is 4.57. The van der Waals surface area contributed by atoms with E-state index in [-0.39, 0.29) is 0 Å². The van der Waals surface area contributed by atoms with Gasteiger partial charge in [-0.15, -0.1) is 5.10 Å². The van der Waals surface area contributed by atoms with E-state index in [1.54, 1.807) is 0 Å². The van der Waals surface area contributed by atoms with Gasteiger partial charge in [-0.3, -0.25) is 0 Å². The topological polar surface area (TPSA) is 45.5 Å². The minimum absolute atomic E-state index is 0.609. The first-order chi connectivity index (χ1) is 8.74. The fourth-order valence-corrected chi connectivity index (χ4v) is 2.56. The van der Waals surface area contributed by atoms with Gasteiger partial charge in [0.25, 0.3) is 0 Å². The summed E-state index contributed by atoms with van der Waals surface area (Å²) in [6, 6.07) is 6.63. The predicted octanol–water partition coefficient (Wildman–Crippen LogP) is 1.54. The molecule has 1 saturated heterocycles. The van der Waals surface area contributed by atoms with Crippen molar-refractivity contribution in [2.24, 2.45) is 0 Å². The lowest BCUT2D eigenvalue weighted by atomic mass is 10.2. The Bertz CT molecular complexity index is 547. The van der Waals surface area contributed by atoms with Crippen LogP contribution in [0.4, 0.5) is 5.95 Å². The molecule has 1 fully saturated rings. The molecule has 3 heterocycles. The fraction of sp³-hybridized carbons (Fsp3) is 0.538. The normalized spacial score (nSPS) is 20.7. The molecular formula is C13H19N5. The molecule has 1 atom stereocenters. The van der Waals surface area contributed by atoms with E-state index >= 15 is 0 Å². The minimum atomic E-state index is 0.609. The molecule has 1 aliphatic heterocycles. The highest BCUT2D eigenvalue weighted by Crippen LogP contribution is 2.15. The first-order valence-electron chi connectivity index (χ1n) is 6.50. The summed E-state index contributed by atoms with van der Waals surface area (Å²) in [4.78, 5) is 6.88. The van der Waals surface area contributed by atoms with E-state index in [9.17, 15) is 0 Å². The van der Waals surface area contributed by atoms with E-state index in [4.69, 9.17) is 0 Å². The van der Waals surface area contributed by atoms with Crippen LogP contribution >= 0.6 is 0 Å². The third-order valence-electron chi connectivity index (χ3n) is 3.72. The Morgan fingerprint density at radius 2 is 2.33 bits per heavy atom. The van der Waals surface area contributed by atoms with E-state index in [0.717, 1.165) is 23.8 Å². The molecule has 0 spiro atoms. The highest BCUT2D eigenvalue weighted by atomic mass is 15.4. The maximum Gasteiger partial charge on any atom is 0.243 e. The van der Waals surface area contributed by atoms with Crippen molar-refractivity contribution in [3.05, 3.63) is 23.9 Å². The van der Waals surface area contributed by atoms with Crippen LogP contribution in [-0.2, 0) is 0 Å². The van der Waals surface area contributed by atoms with Crippen molar-refractivity contribution >= 4 is 11.6 Å². The molecule has 1 unspecified atom stereocenters. The van der Waals surface area contributed by atoms with Gasteiger partial charge in [0.1, 0.15) is 0 Å². The summed E-state index contributed by atoms with van der Waals surface area (Å²) in [6.07, 6.45) is 2.55. The van der Waals surface area contributed by atoms with Crippen molar-refractivity contribution in [3.8, 4) is 0 Å². The van der Waals surface area contributed by atoms with Gasteiger partial charge in [-0.05, 0) is 45.5 Å². The summed E-state index contributed by atoms with van der Waals surface area (Å²) in [5.74, 6) is 0.726. The molecule has 0 aliphatic carbocycles. The second-order valence-electron chi connectivity index (χ2n) is 5.03. The minimum Gasteiger partial charge on any atom is -0.351 e. The first-order valence-corrected chi connectivity index (χ1v) is 6.50. The Morgan fingerprint density at radius 1 is 1.44 bits per heavy atom. The van der Waals surface area contributed by atoms with Crippen LogP contribution in [0.25, 0.3) is 5.65 Å². The van der Waals surface area contributed by atoms with Crippen molar-refractivity contribution < 1.29 is 0 Å². The monoisotopic (exact) mass is 245 g/mol. The number of hydrogen-bond donors (Lipinski definition) is 1. The van der Waals surface area contributed by atoms with E-state index in [2.05, 4.69) is 27.3 Å². The number of likely N-dealkylation sites (tertiary alicyclic amines) is 1. The third-order valence-corrected chi connectivity index (χ3v) is 3.72. The third kappa shape index (κ3) is 2.06. The molecule has 5 nitrogen and oxygen atoms in total. The van der Waals surface area contributed by atoms with Crippen LogP contribution in [0.5, 0.6) is 0 Å². The molecule has 0 aromatic carbocycles. The van der Waals surface area contributed by atoms with Crippen molar-refractivity contribution in [1.82, 2.24) is 19.5 Å². The molecule has 2 aromatic rings. The molecular weight excluding hydrogens is 226 g/mol. The Morgan fingerprint density at radius 3 is 3.06 bits per heavy atom. The smallest absolute Gasteiger partial charge is 0.243 e. The lowest BCUT2D eigenvalue weighted by molar-refractivity contribution is 0.322. The number of hydrogen-bond acceptors (Lipinski definition) is 4. The maximum atomic E-state index is 4.48. The number of rotatable bonds is 3. The SMILES string of the molecule is Cc1cccc2nc(NCC3CCCN3C)nn12. The number of anilines is 1. The summed E-state index contributed by atoms with van der Waals surface area (Å²) in [5, 5.41) is 7.82. The average molecular weight is 245 g/mol. The Kier molecular flexibility index (Phi) is 2.91. The quantitative estimate of drug-likeness (QED) is 0.891. The van der Waals surface area contributed by atoms with Gasteiger partial charge in [-0.1, -0.05) is 6.07 Å². The number of pyridine rings is 1. The van der Waals surface area contributed by atoms with Crippen molar-refractivity contribution in [2.75, 3.05) is 25.5 Å². The van der Waals surface area contributed by atoms with Crippen LogP contribution in [0.3, 0.4) is 0 Å². The van der Waals surface area contributed by atoms with Gasteiger partial charge < -0.3 is 10.2 Å². The van der Waals surface area contributed by atoms with Gasteiger partial charge in [0, 0.05) is 18.3 Å². The molecule has 0 amide bonds. The molecule has 3 rings (SSSR count). The molecule has 96 valence electrons. The number of nitrogens with zero attached hydrogens (tertiary/aromatic N) is 4. The molecule has 0 saturated carbocycles. The van der Waals surface area contributed by atoms with Crippen molar-refractivity contribution in [3.63, 3.8) is 0 Å². The van der Waals surface area contributed by atoms with Crippen molar-refractivity contribution in [2.45, 2.75) is 25.8 Å². The predicted molar refractivity (Wildman–Crippen MR) is 71.9 cm³/mol. The maximum absolute atomic E-state index is 4.48. The zero-order valence-electron chi connectivity index (χ0n) is 10.9. The van der Waals surface area contributed by atoms with Gasteiger partial charge in [0.15, 0.2) is 5.65 Å². The van der Waals surface area contributed by atoms with Crippen LogP contribution in [0.1, 0.15) is 18.5 Å². The van der Waals surface area contributed by atoms with Crippen LogP contribution in [0, 0.1) is 6.92 Å². The zero-order chi connectivity index (χ0) is 12.5. The summed E-state index contributed by atoms with van der Waals surface area (Å²) in [7, 11) is 2.18. The lowest BCUT2D eigenvalue weighted by Crippen LogP contribution is -2.31. The number of likely N-dealkylation sites (N-methyl/N-ethyl adjacent to an activating group) is 1. The van der Waals surface area contributed by atoms with Gasteiger partial charge in [-0.2, -0.15) is 4.98 Å². The van der Waals surface area contributed by atoms with E-state index in [1.807, 2.05) is 29.6 Å². The molecule has 1 aliphatic rings. The molecule has 18 heavy (non-hydrogen) atoms. The number of fused-ring (bicyclic) bond motifs is 1. The van der Waals surface area contributed by atoms with Gasteiger partial charge >= 0.3 is 0 Å². The average Bonchev–Trinajstić information content (AvgIpc) is 2.93. The molecule has 1 N–H and O–H groups in total. The summed E-state index contributed by atoms with van der Waals surface area (Å²) in [5.41, 5.74) is 2.00. The van der Waals surface area contributed by atoms with Crippen LogP contribution < -0.4 is 5.32 Å². The number of nitrogens with one attached hydrogen (secondary N) is 1. The van der Waals surface area contributed by atoms with Gasteiger partial charge in [0.2, 0.25) is 5.95 Å². The van der Waals surface area contributed by atoms with Gasteiger partial charge in [0.05, 0.1) is 0 Å². The summed E-state index contributed by atoms with van der Waals surface area (Å²) in [6.45, 7) is 4.16. The molecule has 0 bridgehead atoms. The number of aryl methyl sites for hydroxylation is 1. The van der Waals surface area contributed by atoms with E-state index in [0.29, 0.717) is 6.04 Å². The standard InChI is InChI=1S/C13H19N5/c1-10-5-3-7-12-15-13(16-18(10)12)14-9-11-6-4-8-17(11)2/h3,5,7,11H,4,6,8-9H2,1-2H3,(H,14,16). The second-order valence-corrected chi connectivity index (χ2v) is 5.03. The number of aromatic nitrogens is 3. The Balaban J connectivity index is 1.73. The van der Waals surface area contributed by atoms with Crippen LogP contribution in [-0.4, -0.2) is 45.7 Å². The zero-order valence-corrected chi connectivity index (χ0v) is 10.9. The molecule has 2 aromatic heterocycles.